The number of amides is 3. The van der Waals surface area contributed by atoms with Gasteiger partial charge in [-0.05, 0) is 86.0 Å². The van der Waals surface area contributed by atoms with E-state index >= 15 is 0 Å². The fraction of sp³-hybridized carbons (Fsp3) is 0.383. The highest BCUT2D eigenvalue weighted by Gasteiger charge is 2.45. The molecule has 1 fully saturated rings. The Bertz CT molecular complexity index is 2510. The molecule has 0 spiro atoms. The number of anilines is 2. The molecule has 17 heteroatoms. The average Bonchev–Trinajstić information content (AvgIpc) is 3.91. The maximum Gasteiger partial charge on any atom is 0.256 e. The molecule has 4 N–H and O–H groups in total. The molecule has 3 amide bonds. The van der Waals surface area contributed by atoms with Crippen LogP contribution >= 0.6 is 22.9 Å². The number of ether oxygens (including phenoxy) is 4. The first-order chi connectivity index (χ1) is 31.0. The largest absolute Gasteiger partial charge is 0.491 e. The molecule has 0 saturated carbocycles. The number of nitrogens with one attached hydrogen (secondary N) is 3. The molecule has 5 aromatic rings. The van der Waals surface area contributed by atoms with E-state index in [1.807, 2.05) is 67.6 Å². The van der Waals surface area contributed by atoms with E-state index in [4.69, 9.17) is 30.5 Å². The predicted molar refractivity (Wildman–Crippen MR) is 244 cm³/mol. The van der Waals surface area contributed by atoms with Crippen LogP contribution in [0.5, 0.6) is 5.75 Å². The number of aryl methyl sites for hydroxylation is 2. The van der Waals surface area contributed by atoms with Crippen molar-refractivity contribution < 1.29 is 38.4 Å². The smallest absolute Gasteiger partial charge is 0.256 e. The maximum atomic E-state index is 13.6. The fourth-order valence-corrected chi connectivity index (χ4v) is 9.55. The number of thiophene rings is 1. The molecule has 1 saturated heterocycles. The zero-order valence-electron chi connectivity index (χ0n) is 36.1. The van der Waals surface area contributed by atoms with Crippen LogP contribution in [0, 0.1) is 20.8 Å². The molecule has 5 heterocycles. The maximum absolute atomic E-state index is 13.6. The molecular weight excluding hydrogens is 858 g/mol. The number of piperidine rings is 1. The molecule has 8 rings (SSSR count). The lowest BCUT2D eigenvalue weighted by molar-refractivity contribution is -0.139. The molecule has 3 aliphatic rings. The summed E-state index contributed by atoms with van der Waals surface area (Å²) in [7, 11) is 0. The first-order valence-corrected chi connectivity index (χ1v) is 22.6. The van der Waals surface area contributed by atoms with E-state index in [1.165, 1.54) is 15.3 Å². The Morgan fingerprint density at radius 2 is 1.66 bits per heavy atom. The van der Waals surface area contributed by atoms with Crippen molar-refractivity contribution in [2.45, 2.75) is 58.2 Å². The molecule has 0 aliphatic carbocycles. The van der Waals surface area contributed by atoms with Gasteiger partial charge >= 0.3 is 0 Å². The molecule has 0 radical (unpaired) electrons. The summed E-state index contributed by atoms with van der Waals surface area (Å²) in [6, 6.07) is 20.5. The molecule has 0 bridgehead atoms. The van der Waals surface area contributed by atoms with Gasteiger partial charge in [-0.15, -0.1) is 21.5 Å². The van der Waals surface area contributed by atoms with E-state index < -0.39 is 5.72 Å². The van der Waals surface area contributed by atoms with Crippen LogP contribution in [0.1, 0.15) is 74.3 Å². The molecule has 15 nitrogen and oxygen atoms in total. The summed E-state index contributed by atoms with van der Waals surface area (Å²) in [5.74, 6) is 1.31. The number of allylic oxidation sites excluding steroid dienone is 1. The standard InChI is InChI=1S/C47H52ClN7O8S/c1-29-30(2)64-46-43(29)38(32-7-9-34(48)10-8-32)25-33(44-53-52-31(3)55(44)46)26-42(57)51-35-11-13-36(14-12-35)63-24-23-62-22-21-61-20-19-60-18-17-49-40-6-4-5-37-39(40)27-54(45(37)58)47(59)16-15-41(56)50-28-47/h4-14,25,33,49,59H,15-24,26-28H2,1-3H3,(H,50,56)(H,51,57)/t33-,47-/m0/s1. The monoisotopic (exact) mass is 909 g/mol. The van der Waals surface area contributed by atoms with Crippen molar-refractivity contribution in [3.05, 3.63) is 122 Å². The van der Waals surface area contributed by atoms with E-state index in [0.29, 0.717) is 74.8 Å². The van der Waals surface area contributed by atoms with Crippen molar-refractivity contribution in [3.63, 3.8) is 0 Å². The zero-order chi connectivity index (χ0) is 44.8. The highest BCUT2D eigenvalue weighted by atomic mass is 35.5. The summed E-state index contributed by atoms with van der Waals surface area (Å²) >= 11 is 7.97. The second kappa shape index (κ2) is 20.0. The Morgan fingerprint density at radius 3 is 2.38 bits per heavy atom. The summed E-state index contributed by atoms with van der Waals surface area (Å²) in [4.78, 5) is 40.9. The Kier molecular flexibility index (Phi) is 14.1. The number of carbonyl (C=O) groups excluding carboxylic acids is 3. The fourth-order valence-electron chi connectivity index (χ4n) is 8.19. The second-order valence-corrected chi connectivity index (χ2v) is 17.6. The minimum absolute atomic E-state index is 0.0190. The molecule has 2 atom stereocenters. The van der Waals surface area contributed by atoms with Crippen LogP contribution in [0.4, 0.5) is 11.4 Å². The van der Waals surface area contributed by atoms with E-state index in [-0.39, 0.29) is 56.0 Å². The number of rotatable bonds is 19. The number of benzene rings is 3. The van der Waals surface area contributed by atoms with Crippen LogP contribution in [-0.2, 0) is 30.3 Å². The van der Waals surface area contributed by atoms with Crippen LogP contribution in [0.25, 0.3) is 10.6 Å². The summed E-state index contributed by atoms with van der Waals surface area (Å²) in [5.41, 5.74) is 5.81. The predicted octanol–water partition coefficient (Wildman–Crippen LogP) is 6.56. The summed E-state index contributed by atoms with van der Waals surface area (Å²) in [6.45, 7) is 9.84. The third kappa shape index (κ3) is 10.0. The highest BCUT2D eigenvalue weighted by Crippen LogP contribution is 2.44. The lowest BCUT2D eigenvalue weighted by Gasteiger charge is -2.39. The van der Waals surface area contributed by atoms with Crippen LogP contribution < -0.4 is 20.7 Å². The number of nitrogens with zero attached hydrogens (tertiary/aromatic N) is 4. The van der Waals surface area contributed by atoms with Gasteiger partial charge < -0.3 is 44.9 Å². The SMILES string of the molecule is Cc1sc2c(c1C)C(c1ccc(Cl)cc1)=C[C@@H](CC(=O)Nc1ccc(OCCOCCOCCOCCNc3cccc4c3CN([C@]3(O)CCC(=O)NC3)C4=O)cc1)c1nnc(C)n1-2. The Hall–Kier alpha value is -5.62. The normalized spacial score (nSPS) is 17.9. The van der Waals surface area contributed by atoms with Crippen molar-refractivity contribution >= 4 is 57.6 Å². The quantitative estimate of drug-likeness (QED) is 0.0660. The molecule has 336 valence electrons. The number of carbonyl (C=O) groups is 3. The summed E-state index contributed by atoms with van der Waals surface area (Å²) < 4.78 is 24.9. The summed E-state index contributed by atoms with van der Waals surface area (Å²) in [5, 5.41) is 30.8. The molecular formula is C47H52ClN7O8S. The minimum atomic E-state index is -1.40. The van der Waals surface area contributed by atoms with Crippen LogP contribution in [0.3, 0.4) is 0 Å². The van der Waals surface area contributed by atoms with Gasteiger partial charge in [0.25, 0.3) is 5.91 Å². The van der Waals surface area contributed by atoms with Gasteiger partial charge in [-0.1, -0.05) is 35.9 Å². The molecule has 3 aliphatic heterocycles. The number of halogens is 1. The van der Waals surface area contributed by atoms with Gasteiger partial charge in [0.05, 0.1) is 52.7 Å². The Balaban J connectivity index is 0.713. The Morgan fingerprint density at radius 1 is 0.938 bits per heavy atom. The third-order valence-corrected chi connectivity index (χ3v) is 13.1. The molecule has 2 aromatic heterocycles. The first-order valence-electron chi connectivity index (χ1n) is 21.4. The topological polar surface area (TPSA) is 178 Å². The van der Waals surface area contributed by atoms with Gasteiger partial charge in [-0.3, -0.25) is 19.0 Å². The van der Waals surface area contributed by atoms with Crippen LogP contribution in [0.15, 0.2) is 72.8 Å². The average molecular weight is 910 g/mol. The lowest BCUT2D eigenvalue weighted by atomic mass is 9.92. The van der Waals surface area contributed by atoms with Gasteiger partial charge in [0.15, 0.2) is 5.72 Å². The Labute approximate surface area is 380 Å². The number of β-amino-alcohol motifs (C(OH)–C–C–N with tert-alkyl or cyclic N) is 1. The lowest BCUT2D eigenvalue weighted by Crippen LogP contribution is -2.59. The molecule has 3 aromatic carbocycles. The highest BCUT2D eigenvalue weighted by molar-refractivity contribution is 7.15. The number of hydrogen-bond donors (Lipinski definition) is 4. The van der Waals surface area contributed by atoms with Gasteiger partial charge in [0.2, 0.25) is 11.8 Å². The second-order valence-electron chi connectivity index (χ2n) is 16.0. The number of aliphatic hydroxyl groups is 1. The first kappa shape index (κ1) is 45.0. The number of fused-ring (bicyclic) bond motifs is 4. The van der Waals surface area contributed by atoms with Gasteiger partial charge in [-0.25, -0.2) is 0 Å². The molecule has 0 unspecified atom stereocenters. The zero-order valence-corrected chi connectivity index (χ0v) is 37.7. The van der Waals surface area contributed by atoms with Crippen molar-refractivity contribution in [1.82, 2.24) is 25.0 Å². The summed E-state index contributed by atoms with van der Waals surface area (Å²) in [6.07, 6.45) is 2.69. The van der Waals surface area contributed by atoms with E-state index in [2.05, 4.69) is 50.6 Å². The van der Waals surface area contributed by atoms with E-state index in [1.54, 1.807) is 17.4 Å². The van der Waals surface area contributed by atoms with Crippen LogP contribution in [0.2, 0.25) is 5.02 Å². The van der Waals surface area contributed by atoms with Crippen molar-refractivity contribution in [1.29, 1.82) is 0 Å². The molecule has 64 heavy (non-hydrogen) atoms. The van der Waals surface area contributed by atoms with Gasteiger partial charge in [0.1, 0.15) is 29.0 Å². The van der Waals surface area contributed by atoms with Crippen molar-refractivity contribution in [3.8, 4) is 10.8 Å². The number of hydrogen-bond acceptors (Lipinski definition) is 12. The van der Waals surface area contributed by atoms with Crippen molar-refractivity contribution in [2.24, 2.45) is 0 Å². The van der Waals surface area contributed by atoms with Gasteiger partial charge in [0, 0.05) is 69.7 Å². The number of aromatic nitrogens is 3. The van der Waals surface area contributed by atoms with Crippen LogP contribution in [-0.4, -0.2) is 108 Å². The van der Waals surface area contributed by atoms with Crippen molar-refractivity contribution in [2.75, 3.05) is 70.0 Å². The van der Waals surface area contributed by atoms with E-state index in [9.17, 15) is 19.5 Å². The third-order valence-electron chi connectivity index (χ3n) is 11.7. The van der Waals surface area contributed by atoms with Gasteiger partial charge in [-0.2, -0.15) is 0 Å². The van der Waals surface area contributed by atoms with E-state index in [0.717, 1.165) is 44.6 Å². The minimum Gasteiger partial charge on any atom is -0.491 e.